The Hall–Kier alpha value is -2.59. The van der Waals surface area contributed by atoms with Crippen LogP contribution < -0.4 is 9.47 Å². The molecule has 4 heteroatoms. The first-order valence-corrected chi connectivity index (χ1v) is 8.61. The zero-order chi connectivity index (χ0) is 17.2. The van der Waals surface area contributed by atoms with Gasteiger partial charge in [0.15, 0.2) is 0 Å². The third kappa shape index (κ3) is 3.44. The highest BCUT2D eigenvalue weighted by Gasteiger charge is 2.20. The van der Waals surface area contributed by atoms with Crippen molar-refractivity contribution in [2.24, 2.45) is 0 Å². The van der Waals surface area contributed by atoms with Crippen molar-refractivity contribution < 1.29 is 9.47 Å². The molecule has 1 aliphatic heterocycles. The van der Waals surface area contributed by atoms with Crippen molar-refractivity contribution in [2.75, 3.05) is 13.7 Å². The van der Waals surface area contributed by atoms with E-state index >= 15 is 0 Å². The maximum absolute atomic E-state index is 6.10. The molecule has 0 bridgehead atoms. The molecule has 0 aliphatic carbocycles. The Labute approximate surface area is 148 Å². The van der Waals surface area contributed by atoms with Crippen LogP contribution in [0.15, 0.2) is 54.7 Å². The first kappa shape index (κ1) is 15.9. The average molecular weight is 334 g/mol. The lowest BCUT2D eigenvalue weighted by molar-refractivity contribution is 0.156. The van der Waals surface area contributed by atoms with E-state index in [4.69, 9.17) is 9.47 Å². The van der Waals surface area contributed by atoms with E-state index in [2.05, 4.69) is 47.1 Å². The van der Waals surface area contributed by atoms with Gasteiger partial charge in [0.1, 0.15) is 17.6 Å². The summed E-state index contributed by atoms with van der Waals surface area (Å²) in [5.74, 6) is 1.76. The van der Waals surface area contributed by atoms with E-state index in [1.165, 1.54) is 16.5 Å². The summed E-state index contributed by atoms with van der Waals surface area (Å²) in [6.07, 6.45) is 1.98. The van der Waals surface area contributed by atoms with Crippen molar-refractivity contribution in [1.82, 2.24) is 9.88 Å². The molecular formula is C21H22N2O2. The molecule has 0 saturated heterocycles. The van der Waals surface area contributed by atoms with Gasteiger partial charge in [-0.1, -0.05) is 24.3 Å². The highest BCUT2D eigenvalue weighted by atomic mass is 16.5. The summed E-state index contributed by atoms with van der Waals surface area (Å²) >= 11 is 0. The SMILES string of the molecule is COc1ccc2c(c1)OC(C)CN(Cc1ccc3cccnc3c1)C2. The summed E-state index contributed by atoms with van der Waals surface area (Å²) in [7, 11) is 1.68. The van der Waals surface area contributed by atoms with Crippen LogP contribution >= 0.6 is 0 Å². The number of pyridine rings is 1. The van der Waals surface area contributed by atoms with Gasteiger partial charge in [0.25, 0.3) is 0 Å². The van der Waals surface area contributed by atoms with Crippen LogP contribution in [0.5, 0.6) is 11.5 Å². The second kappa shape index (κ2) is 6.73. The zero-order valence-corrected chi connectivity index (χ0v) is 14.6. The number of benzene rings is 2. The summed E-state index contributed by atoms with van der Waals surface area (Å²) in [6, 6.07) is 16.7. The minimum absolute atomic E-state index is 0.131. The van der Waals surface area contributed by atoms with E-state index < -0.39 is 0 Å². The van der Waals surface area contributed by atoms with Gasteiger partial charge in [-0.05, 0) is 30.7 Å². The van der Waals surface area contributed by atoms with E-state index in [0.717, 1.165) is 36.6 Å². The molecule has 2 heterocycles. The molecule has 0 fully saturated rings. The fraction of sp³-hybridized carbons (Fsp3) is 0.286. The second-order valence-electron chi connectivity index (χ2n) is 6.60. The predicted molar refractivity (Wildman–Crippen MR) is 98.9 cm³/mol. The molecule has 1 atom stereocenters. The molecule has 0 radical (unpaired) electrons. The number of rotatable bonds is 3. The highest BCUT2D eigenvalue weighted by molar-refractivity contribution is 5.78. The third-order valence-corrected chi connectivity index (χ3v) is 4.59. The van der Waals surface area contributed by atoms with E-state index in [1.807, 2.05) is 24.4 Å². The molecule has 3 aromatic rings. The lowest BCUT2D eigenvalue weighted by Gasteiger charge is -2.22. The molecule has 0 amide bonds. The summed E-state index contributed by atoms with van der Waals surface area (Å²) < 4.78 is 11.4. The Morgan fingerprint density at radius 2 is 2.12 bits per heavy atom. The van der Waals surface area contributed by atoms with Gasteiger partial charge in [-0.15, -0.1) is 0 Å². The average Bonchev–Trinajstić information content (AvgIpc) is 2.78. The predicted octanol–water partition coefficient (Wildman–Crippen LogP) is 4.03. The zero-order valence-electron chi connectivity index (χ0n) is 14.6. The van der Waals surface area contributed by atoms with Crippen LogP contribution in [0.4, 0.5) is 0 Å². The molecule has 0 N–H and O–H groups in total. The van der Waals surface area contributed by atoms with Gasteiger partial charge in [0, 0.05) is 42.8 Å². The Balaban J connectivity index is 1.58. The molecular weight excluding hydrogens is 312 g/mol. The van der Waals surface area contributed by atoms with E-state index in [9.17, 15) is 0 Å². The molecule has 4 nitrogen and oxygen atoms in total. The minimum atomic E-state index is 0.131. The number of nitrogens with zero attached hydrogens (tertiary/aromatic N) is 2. The van der Waals surface area contributed by atoms with E-state index in [1.54, 1.807) is 7.11 Å². The van der Waals surface area contributed by atoms with Crippen LogP contribution in [0.2, 0.25) is 0 Å². The number of methoxy groups -OCH3 is 1. The lowest BCUT2D eigenvalue weighted by Crippen LogP contribution is -2.30. The van der Waals surface area contributed by atoms with Crippen LogP contribution in [-0.2, 0) is 13.1 Å². The number of aromatic nitrogens is 1. The van der Waals surface area contributed by atoms with Gasteiger partial charge in [-0.2, -0.15) is 0 Å². The maximum Gasteiger partial charge on any atom is 0.127 e. The first-order valence-electron chi connectivity index (χ1n) is 8.61. The molecule has 4 rings (SSSR count). The molecule has 0 saturated carbocycles. The molecule has 0 spiro atoms. The Morgan fingerprint density at radius 3 is 3.00 bits per heavy atom. The van der Waals surface area contributed by atoms with Crippen molar-refractivity contribution in [3.05, 3.63) is 65.9 Å². The second-order valence-corrected chi connectivity index (χ2v) is 6.60. The van der Waals surface area contributed by atoms with Gasteiger partial charge < -0.3 is 9.47 Å². The topological polar surface area (TPSA) is 34.6 Å². The summed E-state index contributed by atoms with van der Waals surface area (Å²) in [6.45, 7) is 4.75. The summed E-state index contributed by atoms with van der Waals surface area (Å²) in [4.78, 5) is 6.89. The highest BCUT2D eigenvalue weighted by Crippen LogP contribution is 2.30. The first-order chi connectivity index (χ1) is 12.2. The van der Waals surface area contributed by atoms with Crippen LogP contribution in [0, 0.1) is 0 Å². The van der Waals surface area contributed by atoms with Crippen LogP contribution in [0.3, 0.4) is 0 Å². The number of hydrogen-bond acceptors (Lipinski definition) is 4. The Kier molecular flexibility index (Phi) is 4.28. The Morgan fingerprint density at radius 1 is 1.20 bits per heavy atom. The molecule has 1 aliphatic rings. The number of ether oxygens (including phenoxy) is 2. The monoisotopic (exact) mass is 334 g/mol. The van der Waals surface area contributed by atoms with Gasteiger partial charge >= 0.3 is 0 Å². The third-order valence-electron chi connectivity index (χ3n) is 4.59. The molecule has 2 aromatic carbocycles. The van der Waals surface area contributed by atoms with E-state index in [-0.39, 0.29) is 6.10 Å². The normalized spacial score (nSPS) is 17.6. The number of fused-ring (bicyclic) bond motifs is 2. The van der Waals surface area contributed by atoms with Crippen LogP contribution in [0.1, 0.15) is 18.1 Å². The fourth-order valence-electron chi connectivity index (χ4n) is 3.41. The summed E-state index contributed by atoms with van der Waals surface area (Å²) in [5, 5.41) is 1.18. The van der Waals surface area contributed by atoms with Gasteiger partial charge in [-0.25, -0.2) is 0 Å². The smallest absolute Gasteiger partial charge is 0.127 e. The standard InChI is InChI=1S/C21H22N2O2/c1-15-12-23(14-18-7-8-19(24-2)11-21(18)25-15)13-16-5-6-17-4-3-9-22-20(17)10-16/h3-11,15H,12-14H2,1-2H3. The Bertz CT molecular complexity index is 894. The van der Waals surface area contributed by atoms with Gasteiger partial charge in [-0.3, -0.25) is 9.88 Å². The van der Waals surface area contributed by atoms with Crippen molar-refractivity contribution in [2.45, 2.75) is 26.1 Å². The van der Waals surface area contributed by atoms with Crippen molar-refractivity contribution in [1.29, 1.82) is 0 Å². The molecule has 128 valence electrons. The van der Waals surface area contributed by atoms with Gasteiger partial charge in [0.05, 0.1) is 12.6 Å². The van der Waals surface area contributed by atoms with Gasteiger partial charge in [0.2, 0.25) is 0 Å². The van der Waals surface area contributed by atoms with Crippen molar-refractivity contribution in [3.8, 4) is 11.5 Å². The molecule has 25 heavy (non-hydrogen) atoms. The van der Waals surface area contributed by atoms with Crippen LogP contribution in [0.25, 0.3) is 10.9 Å². The quantitative estimate of drug-likeness (QED) is 0.724. The molecule has 1 aromatic heterocycles. The van der Waals surface area contributed by atoms with Crippen molar-refractivity contribution >= 4 is 10.9 Å². The van der Waals surface area contributed by atoms with Crippen LogP contribution in [-0.4, -0.2) is 29.6 Å². The summed E-state index contributed by atoms with van der Waals surface area (Å²) in [5.41, 5.74) is 3.52. The lowest BCUT2D eigenvalue weighted by atomic mass is 10.1. The largest absolute Gasteiger partial charge is 0.497 e. The van der Waals surface area contributed by atoms with E-state index in [0.29, 0.717) is 0 Å². The van der Waals surface area contributed by atoms with Crippen molar-refractivity contribution in [3.63, 3.8) is 0 Å². The maximum atomic E-state index is 6.10. The number of hydrogen-bond donors (Lipinski definition) is 0. The minimum Gasteiger partial charge on any atom is -0.497 e. The molecule has 1 unspecified atom stereocenters. The fourth-order valence-corrected chi connectivity index (χ4v) is 3.41.